The lowest BCUT2D eigenvalue weighted by Crippen LogP contribution is -2.31. The van der Waals surface area contributed by atoms with E-state index >= 15 is 0 Å². The zero-order valence-electron chi connectivity index (χ0n) is 10.7. The van der Waals surface area contributed by atoms with Crippen LogP contribution in [0.15, 0.2) is 12.1 Å². The molecule has 0 bridgehead atoms. The molecule has 1 heterocycles. The number of nitrogens with zero attached hydrogens (tertiary/aromatic N) is 2. The quantitative estimate of drug-likeness (QED) is 0.615. The molecule has 0 radical (unpaired) electrons. The SMILES string of the molecule is Cc1cc(C(=N)N)cc(N(C)C(C)C2CC2)n1. The molecule has 17 heavy (non-hydrogen) atoms. The second kappa shape index (κ2) is 4.35. The second-order valence-corrected chi connectivity index (χ2v) is 4.96. The van der Waals surface area contributed by atoms with Gasteiger partial charge in [-0.1, -0.05) is 0 Å². The summed E-state index contributed by atoms with van der Waals surface area (Å²) in [7, 11) is 2.06. The fourth-order valence-corrected chi connectivity index (χ4v) is 2.09. The average Bonchev–Trinajstić information content (AvgIpc) is 3.10. The van der Waals surface area contributed by atoms with E-state index in [1.807, 2.05) is 19.1 Å². The van der Waals surface area contributed by atoms with E-state index in [1.54, 1.807) is 0 Å². The Kier molecular flexibility index (Phi) is 3.05. The molecule has 1 fully saturated rings. The number of pyridine rings is 1. The van der Waals surface area contributed by atoms with Crippen LogP contribution in [-0.2, 0) is 0 Å². The fourth-order valence-electron chi connectivity index (χ4n) is 2.09. The van der Waals surface area contributed by atoms with Gasteiger partial charge >= 0.3 is 0 Å². The van der Waals surface area contributed by atoms with Crippen molar-refractivity contribution in [3.05, 3.63) is 23.4 Å². The molecule has 3 N–H and O–H groups in total. The second-order valence-electron chi connectivity index (χ2n) is 4.96. The number of hydrogen-bond acceptors (Lipinski definition) is 3. The molecule has 92 valence electrons. The average molecular weight is 232 g/mol. The molecule has 1 aromatic rings. The summed E-state index contributed by atoms with van der Waals surface area (Å²) in [6, 6.07) is 4.25. The van der Waals surface area contributed by atoms with Gasteiger partial charge in [0, 0.05) is 24.3 Å². The highest BCUT2D eigenvalue weighted by Crippen LogP contribution is 2.35. The Bertz CT molecular complexity index is 437. The van der Waals surface area contributed by atoms with E-state index in [0.717, 1.165) is 23.0 Å². The van der Waals surface area contributed by atoms with E-state index in [4.69, 9.17) is 11.1 Å². The van der Waals surface area contributed by atoms with Crippen molar-refractivity contribution >= 4 is 11.7 Å². The molecule has 2 rings (SSSR count). The number of anilines is 1. The maximum Gasteiger partial charge on any atom is 0.129 e. The van der Waals surface area contributed by atoms with Crippen LogP contribution in [-0.4, -0.2) is 23.9 Å². The smallest absolute Gasteiger partial charge is 0.129 e. The van der Waals surface area contributed by atoms with Crippen LogP contribution in [0.4, 0.5) is 5.82 Å². The Hall–Kier alpha value is -1.58. The first-order valence-corrected chi connectivity index (χ1v) is 6.05. The minimum atomic E-state index is 0.101. The highest BCUT2D eigenvalue weighted by Gasteiger charge is 2.31. The number of aryl methyl sites for hydroxylation is 1. The van der Waals surface area contributed by atoms with Gasteiger partial charge in [0.15, 0.2) is 0 Å². The van der Waals surface area contributed by atoms with Crippen molar-refractivity contribution in [1.82, 2.24) is 4.98 Å². The van der Waals surface area contributed by atoms with Gasteiger partial charge in [0.2, 0.25) is 0 Å². The number of nitrogen functional groups attached to an aromatic ring is 1. The number of nitrogens with one attached hydrogen (secondary N) is 1. The van der Waals surface area contributed by atoms with Crippen LogP contribution in [0.2, 0.25) is 0 Å². The molecule has 1 saturated carbocycles. The predicted octanol–water partition coefficient (Wildman–Crippen LogP) is 1.91. The number of aromatic nitrogens is 1. The fraction of sp³-hybridized carbons (Fsp3) is 0.538. The van der Waals surface area contributed by atoms with Gasteiger partial charge in [-0.05, 0) is 44.7 Å². The molecular weight excluding hydrogens is 212 g/mol. The molecule has 1 aliphatic rings. The lowest BCUT2D eigenvalue weighted by Gasteiger charge is -2.26. The third-order valence-electron chi connectivity index (χ3n) is 3.53. The maximum atomic E-state index is 7.51. The summed E-state index contributed by atoms with van der Waals surface area (Å²) in [5, 5.41) is 7.51. The number of nitrogens with two attached hydrogens (primary N) is 1. The highest BCUT2D eigenvalue weighted by atomic mass is 15.2. The molecular formula is C13H20N4. The van der Waals surface area contributed by atoms with Gasteiger partial charge < -0.3 is 10.6 Å². The first kappa shape index (κ1) is 11.9. The third-order valence-corrected chi connectivity index (χ3v) is 3.53. The molecule has 1 aliphatic carbocycles. The lowest BCUT2D eigenvalue weighted by atomic mass is 10.1. The van der Waals surface area contributed by atoms with Crippen molar-refractivity contribution in [3.8, 4) is 0 Å². The predicted molar refractivity (Wildman–Crippen MR) is 70.6 cm³/mol. The summed E-state index contributed by atoms with van der Waals surface area (Å²) in [5.41, 5.74) is 7.19. The van der Waals surface area contributed by atoms with Crippen molar-refractivity contribution in [2.45, 2.75) is 32.7 Å². The first-order chi connectivity index (χ1) is 7.99. The standard InChI is InChI=1S/C13H20N4/c1-8-6-11(13(14)15)7-12(16-8)17(3)9(2)10-4-5-10/h6-7,9-10H,4-5H2,1-3H3,(H3,14,15). The number of amidine groups is 1. The van der Waals surface area contributed by atoms with Crippen LogP contribution in [0.25, 0.3) is 0 Å². The van der Waals surface area contributed by atoms with E-state index in [0.29, 0.717) is 6.04 Å². The van der Waals surface area contributed by atoms with Crippen molar-refractivity contribution in [2.75, 3.05) is 11.9 Å². The van der Waals surface area contributed by atoms with Gasteiger partial charge in [0.25, 0.3) is 0 Å². The maximum absolute atomic E-state index is 7.51. The molecule has 1 atom stereocenters. The Labute approximate surface area is 102 Å². The summed E-state index contributed by atoms with van der Waals surface area (Å²) < 4.78 is 0. The van der Waals surface area contributed by atoms with Crippen LogP contribution in [0.5, 0.6) is 0 Å². The first-order valence-electron chi connectivity index (χ1n) is 6.05. The zero-order chi connectivity index (χ0) is 12.6. The Morgan fingerprint density at radius 2 is 2.18 bits per heavy atom. The van der Waals surface area contributed by atoms with Crippen molar-refractivity contribution in [3.63, 3.8) is 0 Å². The minimum absolute atomic E-state index is 0.101. The molecule has 0 aliphatic heterocycles. The molecule has 0 aromatic carbocycles. The number of rotatable bonds is 4. The zero-order valence-corrected chi connectivity index (χ0v) is 10.7. The summed E-state index contributed by atoms with van der Waals surface area (Å²) in [6.07, 6.45) is 2.63. The van der Waals surface area contributed by atoms with Crippen LogP contribution in [0.3, 0.4) is 0 Å². The molecule has 1 aromatic heterocycles. The van der Waals surface area contributed by atoms with Gasteiger partial charge in [-0.2, -0.15) is 0 Å². The minimum Gasteiger partial charge on any atom is -0.384 e. The highest BCUT2D eigenvalue weighted by molar-refractivity contribution is 5.95. The topological polar surface area (TPSA) is 66.0 Å². The summed E-state index contributed by atoms with van der Waals surface area (Å²) in [5.74, 6) is 1.81. The van der Waals surface area contributed by atoms with Gasteiger partial charge in [-0.25, -0.2) is 4.98 Å². The van der Waals surface area contributed by atoms with E-state index < -0.39 is 0 Å². The normalized spacial score (nSPS) is 16.6. The molecule has 4 heteroatoms. The van der Waals surface area contributed by atoms with Crippen LogP contribution in [0, 0.1) is 18.3 Å². The van der Waals surface area contributed by atoms with Gasteiger partial charge in [-0.15, -0.1) is 0 Å². The monoisotopic (exact) mass is 232 g/mol. The summed E-state index contributed by atoms with van der Waals surface area (Å²) in [6.45, 7) is 4.17. The van der Waals surface area contributed by atoms with E-state index in [-0.39, 0.29) is 5.84 Å². The van der Waals surface area contributed by atoms with Gasteiger partial charge in [0.1, 0.15) is 11.7 Å². The van der Waals surface area contributed by atoms with Crippen molar-refractivity contribution in [1.29, 1.82) is 5.41 Å². The van der Waals surface area contributed by atoms with Gasteiger partial charge in [0.05, 0.1) is 0 Å². The van der Waals surface area contributed by atoms with Crippen LogP contribution >= 0.6 is 0 Å². The summed E-state index contributed by atoms with van der Waals surface area (Å²) in [4.78, 5) is 6.71. The largest absolute Gasteiger partial charge is 0.384 e. The Morgan fingerprint density at radius 3 is 2.71 bits per heavy atom. The Balaban J connectivity index is 2.27. The third kappa shape index (κ3) is 2.57. The lowest BCUT2D eigenvalue weighted by molar-refractivity contribution is 0.603. The molecule has 4 nitrogen and oxygen atoms in total. The molecule has 0 saturated heterocycles. The summed E-state index contributed by atoms with van der Waals surface area (Å²) >= 11 is 0. The van der Waals surface area contributed by atoms with E-state index in [1.165, 1.54) is 12.8 Å². The van der Waals surface area contributed by atoms with Gasteiger partial charge in [-0.3, -0.25) is 5.41 Å². The van der Waals surface area contributed by atoms with E-state index in [2.05, 4.69) is 23.9 Å². The van der Waals surface area contributed by atoms with Crippen molar-refractivity contribution in [2.24, 2.45) is 11.7 Å². The van der Waals surface area contributed by atoms with Crippen molar-refractivity contribution < 1.29 is 0 Å². The molecule has 0 spiro atoms. The van der Waals surface area contributed by atoms with Crippen LogP contribution in [0.1, 0.15) is 31.0 Å². The molecule has 0 amide bonds. The Morgan fingerprint density at radius 1 is 1.53 bits per heavy atom. The van der Waals surface area contributed by atoms with E-state index in [9.17, 15) is 0 Å². The van der Waals surface area contributed by atoms with Crippen LogP contribution < -0.4 is 10.6 Å². The molecule has 1 unspecified atom stereocenters. The number of hydrogen-bond donors (Lipinski definition) is 2.